The maximum absolute atomic E-state index is 12.3. The SMILES string of the molecule is Cc1ccncc1C(=O)Nc1cnc(-c2cc(OC3CC3)ccc2Cl)cn1.Cl. The monoisotopic (exact) mass is 416 g/mol. The predicted octanol–water partition coefficient (Wildman–Crippen LogP) is 4.72. The van der Waals surface area contributed by atoms with Crippen molar-refractivity contribution in [3.05, 3.63) is 65.2 Å². The van der Waals surface area contributed by atoms with Crippen LogP contribution in [0.1, 0.15) is 28.8 Å². The molecule has 1 aliphatic carbocycles. The van der Waals surface area contributed by atoms with Crippen molar-refractivity contribution < 1.29 is 9.53 Å². The van der Waals surface area contributed by atoms with Crippen LogP contribution in [-0.2, 0) is 0 Å². The van der Waals surface area contributed by atoms with Gasteiger partial charge in [0.1, 0.15) is 5.75 Å². The zero-order valence-electron chi connectivity index (χ0n) is 15.1. The molecule has 2 heterocycles. The molecular formula is C20H18Cl2N4O2. The molecular weight excluding hydrogens is 399 g/mol. The number of carbonyl (C=O) groups is 1. The Morgan fingerprint density at radius 2 is 2.00 bits per heavy atom. The van der Waals surface area contributed by atoms with Crippen molar-refractivity contribution in [1.29, 1.82) is 0 Å². The quantitative estimate of drug-likeness (QED) is 0.650. The summed E-state index contributed by atoms with van der Waals surface area (Å²) in [6.07, 6.45) is 8.73. The normalized spacial score (nSPS) is 12.8. The Labute approximate surface area is 173 Å². The number of carbonyl (C=O) groups excluding carboxylic acids is 1. The summed E-state index contributed by atoms with van der Waals surface area (Å²) in [5.41, 5.74) is 2.68. The van der Waals surface area contributed by atoms with E-state index in [9.17, 15) is 4.79 Å². The first-order valence-corrected chi connectivity index (χ1v) is 8.98. The molecule has 0 bridgehead atoms. The Kier molecular flexibility index (Phi) is 6.11. The zero-order valence-corrected chi connectivity index (χ0v) is 16.6. The molecule has 144 valence electrons. The highest BCUT2D eigenvalue weighted by atomic mass is 35.5. The van der Waals surface area contributed by atoms with E-state index in [4.69, 9.17) is 16.3 Å². The van der Waals surface area contributed by atoms with E-state index in [1.54, 1.807) is 24.5 Å². The summed E-state index contributed by atoms with van der Waals surface area (Å²) in [6.45, 7) is 1.85. The zero-order chi connectivity index (χ0) is 18.8. The number of amides is 1. The molecule has 0 saturated heterocycles. The molecule has 4 rings (SSSR count). The Hall–Kier alpha value is -2.70. The molecule has 1 amide bonds. The molecule has 6 nitrogen and oxygen atoms in total. The van der Waals surface area contributed by atoms with E-state index in [1.165, 1.54) is 12.4 Å². The van der Waals surface area contributed by atoms with Gasteiger partial charge in [-0.25, -0.2) is 4.98 Å². The van der Waals surface area contributed by atoms with Crippen LogP contribution in [0.4, 0.5) is 5.82 Å². The fourth-order valence-corrected chi connectivity index (χ4v) is 2.78. The second-order valence-electron chi connectivity index (χ2n) is 6.39. The fraction of sp³-hybridized carbons (Fsp3) is 0.200. The van der Waals surface area contributed by atoms with Crippen molar-refractivity contribution >= 4 is 35.7 Å². The van der Waals surface area contributed by atoms with Crippen LogP contribution in [0, 0.1) is 6.92 Å². The van der Waals surface area contributed by atoms with Gasteiger partial charge in [-0.3, -0.25) is 14.8 Å². The minimum atomic E-state index is -0.277. The van der Waals surface area contributed by atoms with Crippen molar-refractivity contribution in [2.75, 3.05) is 5.32 Å². The fourth-order valence-electron chi connectivity index (χ4n) is 2.57. The molecule has 1 aliphatic rings. The molecule has 0 unspecified atom stereocenters. The Morgan fingerprint density at radius 3 is 2.68 bits per heavy atom. The number of aromatic nitrogens is 3. The predicted molar refractivity (Wildman–Crippen MR) is 110 cm³/mol. The number of rotatable bonds is 5. The summed E-state index contributed by atoms with van der Waals surface area (Å²) in [6, 6.07) is 7.28. The molecule has 0 spiro atoms. The minimum Gasteiger partial charge on any atom is -0.490 e. The lowest BCUT2D eigenvalue weighted by Gasteiger charge is -2.09. The molecule has 8 heteroatoms. The molecule has 0 aliphatic heterocycles. The van der Waals surface area contributed by atoms with Gasteiger partial charge in [-0.2, -0.15) is 0 Å². The van der Waals surface area contributed by atoms with Crippen LogP contribution in [0.3, 0.4) is 0 Å². The van der Waals surface area contributed by atoms with Crippen molar-refractivity contribution in [2.45, 2.75) is 25.9 Å². The van der Waals surface area contributed by atoms with E-state index in [2.05, 4.69) is 20.3 Å². The number of benzene rings is 1. The number of hydrogen-bond acceptors (Lipinski definition) is 5. The highest BCUT2D eigenvalue weighted by Crippen LogP contribution is 2.33. The molecule has 1 aromatic carbocycles. The largest absolute Gasteiger partial charge is 0.490 e. The van der Waals surface area contributed by atoms with Crippen LogP contribution < -0.4 is 10.1 Å². The van der Waals surface area contributed by atoms with Crippen LogP contribution in [-0.4, -0.2) is 27.0 Å². The third-order valence-electron chi connectivity index (χ3n) is 4.22. The Morgan fingerprint density at radius 1 is 1.18 bits per heavy atom. The summed E-state index contributed by atoms with van der Waals surface area (Å²) < 4.78 is 5.81. The summed E-state index contributed by atoms with van der Waals surface area (Å²) in [5, 5.41) is 3.29. The van der Waals surface area contributed by atoms with Gasteiger partial charge in [0.25, 0.3) is 5.91 Å². The van der Waals surface area contributed by atoms with Gasteiger partial charge in [0, 0.05) is 18.0 Å². The number of ether oxygens (including phenoxy) is 1. The first-order valence-electron chi connectivity index (χ1n) is 8.61. The first kappa shape index (κ1) is 20.0. The maximum Gasteiger partial charge on any atom is 0.258 e. The van der Waals surface area contributed by atoms with E-state index in [0.29, 0.717) is 28.2 Å². The van der Waals surface area contributed by atoms with Gasteiger partial charge in [-0.05, 0) is 49.6 Å². The lowest BCUT2D eigenvalue weighted by atomic mass is 10.1. The van der Waals surface area contributed by atoms with Gasteiger partial charge >= 0.3 is 0 Å². The summed E-state index contributed by atoms with van der Waals surface area (Å²) in [5.74, 6) is 0.845. The molecule has 2 aromatic heterocycles. The molecule has 1 saturated carbocycles. The van der Waals surface area contributed by atoms with Crippen LogP contribution in [0.25, 0.3) is 11.3 Å². The Bertz CT molecular complexity index is 992. The highest BCUT2D eigenvalue weighted by molar-refractivity contribution is 6.33. The third kappa shape index (κ3) is 4.58. The molecule has 0 radical (unpaired) electrons. The number of aryl methyl sites for hydroxylation is 1. The lowest BCUT2D eigenvalue weighted by molar-refractivity contribution is 0.102. The minimum absolute atomic E-state index is 0. The van der Waals surface area contributed by atoms with Gasteiger partial charge in [0.2, 0.25) is 0 Å². The van der Waals surface area contributed by atoms with E-state index in [-0.39, 0.29) is 18.3 Å². The van der Waals surface area contributed by atoms with E-state index < -0.39 is 0 Å². The topological polar surface area (TPSA) is 77.0 Å². The van der Waals surface area contributed by atoms with Crippen molar-refractivity contribution in [1.82, 2.24) is 15.0 Å². The molecule has 0 atom stereocenters. The number of pyridine rings is 1. The summed E-state index contributed by atoms with van der Waals surface area (Å²) >= 11 is 6.30. The molecule has 1 N–H and O–H groups in total. The molecule has 3 aromatic rings. The first-order chi connectivity index (χ1) is 13.1. The van der Waals surface area contributed by atoms with Gasteiger partial charge in [-0.1, -0.05) is 11.6 Å². The number of hydrogen-bond donors (Lipinski definition) is 1. The Balaban J connectivity index is 0.00000225. The van der Waals surface area contributed by atoms with Crippen LogP contribution >= 0.6 is 24.0 Å². The number of anilines is 1. The maximum atomic E-state index is 12.3. The van der Waals surface area contributed by atoms with Crippen LogP contribution in [0.5, 0.6) is 5.75 Å². The number of nitrogens with zero attached hydrogens (tertiary/aromatic N) is 3. The van der Waals surface area contributed by atoms with Crippen molar-refractivity contribution in [3.63, 3.8) is 0 Å². The summed E-state index contributed by atoms with van der Waals surface area (Å²) in [7, 11) is 0. The molecule has 1 fully saturated rings. The lowest BCUT2D eigenvalue weighted by Crippen LogP contribution is -2.14. The number of halogens is 2. The smallest absolute Gasteiger partial charge is 0.258 e. The van der Waals surface area contributed by atoms with Crippen LogP contribution in [0.2, 0.25) is 5.02 Å². The van der Waals surface area contributed by atoms with E-state index >= 15 is 0 Å². The standard InChI is InChI=1S/C20H17ClN4O2.ClH/c1-12-6-7-22-9-16(12)20(26)25-19-11-23-18(10-24-19)15-8-14(4-5-17(15)21)27-13-2-3-13;/h4-11,13H,2-3H2,1H3,(H,24,25,26);1H. The van der Waals surface area contributed by atoms with Gasteiger partial charge in [0.05, 0.1) is 34.8 Å². The third-order valence-corrected chi connectivity index (χ3v) is 4.55. The highest BCUT2D eigenvalue weighted by Gasteiger charge is 2.23. The average molecular weight is 417 g/mol. The van der Waals surface area contributed by atoms with Crippen LogP contribution in [0.15, 0.2) is 49.1 Å². The van der Waals surface area contributed by atoms with Gasteiger partial charge in [0.15, 0.2) is 5.82 Å². The summed E-state index contributed by atoms with van der Waals surface area (Å²) in [4.78, 5) is 25.0. The van der Waals surface area contributed by atoms with Crippen molar-refractivity contribution in [2.24, 2.45) is 0 Å². The van der Waals surface area contributed by atoms with Crippen molar-refractivity contribution in [3.8, 4) is 17.0 Å². The second-order valence-corrected chi connectivity index (χ2v) is 6.80. The number of nitrogens with one attached hydrogen (secondary N) is 1. The van der Waals surface area contributed by atoms with Gasteiger partial charge in [-0.15, -0.1) is 12.4 Å². The molecule has 28 heavy (non-hydrogen) atoms. The second kappa shape index (κ2) is 8.54. The average Bonchev–Trinajstić information content (AvgIpc) is 3.48. The van der Waals surface area contributed by atoms with E-state index in [0.717, 1.165) is 29.7 Å². The van der Waals surface area contributed by atoms with Gasteiger partial charge < -0.3 is 10.1 Å². The van der Waals surface area contributed by atoms with E-state index in [1.807, 2.05) is 19.1 Å².